The molecule has 148 valence electrons. The van der Waals surface area contributed by atoms with Crippen LogP contribution >= 0.6 is 0 Å². The molecular weight excluding hydrogens is 363 g/mol. The van der Waals surface area contributed by atoms with E-state index in [1.54, 1.807) is 6.07 Å². The molecule has 0 saturated carbocycles. The number of methoxy groups -OCH3 is 1. The Bertz CT molecular complexity index is 872. The van der Waals surface area contributed by atoms with Crippen molar-refractivity contribution in [2.45, 2.75) is 25.8 Å². The number of nitro groups is 1. The Labute approximate surface area is 163 Å². The molecule has 7 heteroatoms. The molecule has 1 aliphatic heterocycles. The van der Waals surface area contributed by atoms with E-state index >= 15 is 0 Å². The highest BCUT2D eigenvalue weighted by atomic mass is 19.1. The van der Waals surface area contributed by atoms with Crippen molar-refractivity contribution in [2.24, 2.45) is 5.92 Å². The molecule has 1 unspecified atom stereocenters. The molecule has 2 aromatic carbocycles. The van der Waals surface area contributed by atoms with Crippen molar-refractivity contribution < 1.29 is 18.8 Å². The zero-order valence-corrected chi connectivity index (χ0v) is 15.9. The van der Waals surface area contributed by atoms with Crippen LogP contribution in [0.1, 0.15) is 29.5 Å². The van der Waals surface area contributed by atoms with Gasteiger partial charge in [0.1, 0.15) is 5.82 Å². The number of anilines is 1. The summed E-state index contributed by atoms with van der Waals surface area (Å²) in [7, 11) is 1.22. The van der Waals surface area contributed by atoms with E-state index in [1.807, 2.05) is 30.3 Å². The number of carbonyl (C=O) groups is 1. The first-order valence-electron chi connectivity index (χ1n) is 9.21. The van der Waals surface area contributed by atoms with Crippen molar-refractivity contribution in [3.63, 3.8) is 0 Å². The summed E-state index contributed by atoms with van der Waals surface area (Å²) in [6, 6.07) is 13.0. The maximum absolute atomic E-state index is 15.0. The van der Waals surface area contributed by atoms with Crippen LogP contribution in [0.3, 0.4) is 0 Å². The van der Waals surface area contributed by atoms with Gasteiger partial charge in [-0.25, -0.2) is 4.39 Å². The highest BCUT2D eigenvalue weighted by Gasteiger charge is 2.34. The molecule has 0 spiro atoms. The van der Waals surface area contributed by atoms with E-state index in [0.717, 1.165) is 29.8 Å². The summed E-state index contributed by atoms with van der Waals surface area (Å²) < 4.78 is 19.7. The van der Waals surface area contributed by atoms with E-state index in [0.29, 0.717) is 6.54 Å². The van der Waals surface area contributed by atoms with E-state index in [9.17, 15) is 19.3 Å². The lowest BCUT2D eigenvalue weighted by Crippen LogP contribution is -2.27. The third-order valence-corrected chi connectivity index (χ3v) is 5.33. The first-order chi connectivity index (χ1) is 13.4. The van der Waals surface area contributed by atoms with Crippen molar-refractivity contribution in [3.8, 4) is 0 Å². The van der Waals surface area contributed by atoms with Gasteiger partial charge in [-0.1, -0.05) is 43.3 Å². The predicted molar refractivity (Wildman–Crippen MR) is 103 cm³/mol. The van der Waals surface area contributed by atoms with Crippen LogP contribution in [0.4, 0.5) is 10.1 Å². The van der Waals surface area contributed by atoms with Gasteiger partial charge in [-0.15, -0.1) is 0 Å². The van der Waals surface area contributed by atoms with Crippen molar-refractivity contribution in [2.75, 3.05) is 25.1 Å². The normalized spacial score (nSPS) is 15.0. The molecule has 0 N–H and O–H groups in total. The largest absolute Gasteiger partial charge is 0.469 e. The first-order valence-corrected chi connectivity index (χ1v) is 9.21. The minimum Gasteiger partial charge on any atom is -0.469 e. The van der Waals surface area contributed by atoms with Crippen LogP contribution in [-0.4, -0.2) is 31.1 Å². The van der Waals surface area contributed by atoms with Crippen LogP contribution < -0.4 is 4.90 Å². The second-order valence-corrected chi connectivity index (χ2v) is 7.09. The Morgan fingerprint density at radius 2 is 2.04 bits per heavy atom. The number of hydrogen-bond donors (Lipinski definition) is 0. The molecule has 0 bridgehead atoms. The van der Waals surface area contributed by atoms with Gasteiger partial charge < -0.3 is 9.64 Å². The topological polar surface area (TPSA) is 72.7 Å². The number of halogens is 1. The Kier molecular flexibility index (Phi) is 5.92. The zero-order chi connectivity index (χ0) is 20.3. The lowest BCUT2D eigenvalue weighted by molar-refractivity contribution is -0.484. The molecule has 0 radical (unpaired) electrons. The molecule has 1 aliphatic rings. The fourth-order valence-corrected chi connectivity index (χ4v) is 3.79. The SMILES string of the molecule is COC(=O)C(C)[C@@H](C[N+](=O)[O-])c1cc2c(cc1F)N(Cc1ccccc1)CC2. The molecule has 0 amide bonds. The van der Waals surface area contributed by atoms with Gasteiger partial charge in [-0.3, -0.25) is 14.9 Å². The van der Waals surface area contributed by atoms with E-state index in [2.05, 4.69) is 4.90 Å². The molecule has 0 fully saturated rings. The number of fused-ring (bicyclic) bond motifs is 1. The average Bonchev–Trinajstić information content (AvgIpc) is 3.06. The monoisotopic (exact) mass is 386 g/mol. The number of hydrogen-bond acceptors (Lipinski definition) is 5. The zero-order valence-electron chi connectivity index (χ0n) is 15.9. The van der Waals surface area contributed by atoms with Gasteiger partial charge >= 0.3 is 5.97 Å². The fourth-order valence-electron chi connectivity index (χ4n) is 3.79. The van der Waals surface area contributed by atoms with Gasteiger partial charge in [0.05, 0.1) is 18.9 Å². The van der Waals surface area contributed by atoms with Crippen molar-refractivity contribution in [1.29, 1.82) is 0 Å². The molecule has 28 heavy (non-hydrogen) atoms. The van der Waals surface area contributed by atoms with E-state index in [1.165, 1.54) is 20.1 Å². The number of carbonyl (C=O) groups excluding carboxylic acids is 1. The van der Waals surface area contributed by atoms with Crippen LogP contribution in [0.25, 0.3) is 0 Å². The number of esters is 1. The highest BCUT2D eigenvalue weighted by molar-refractivity contribution is 5.73. The molecule has 0 aliphatic carbocycles. The second-order valence-electron chi connectivity index (χ2n) is 7.09. The molecule has 0 aromatic heterocycles. The van der Waals surface area contributed by atoms with Crippen LogP contribution in [0.15, 0.2) is 42.5 Å². The Hall–Kier alpha value is -2.96. The first kappa shape index (κ1) is 19.8. The summed E-state index contributed by atoms with van der Waals surface area (Å²) in [4.78, 5) is 24.6. The molecule has 3 rings (SSSR count). The Morgan fingerprint density at radius 3 is 2.68 bits per heavy atom. The summed E-state index contributed by atoms with van der Waals surface area (Å²) in [5.74, 6) is -2.81. The summed E-state index contributed by atoms with van der Waals surface area (Å²) in [6.07, 6.45) is 0.729. The number of rotatable bonds is 7. The third kappa shape index (κ3) is 4.13. The highest BCUT2D eigenvalue weighted by Crippen LogP contribution is 2.36. The molecule has 2 atom stereocenters. The maximum Gasteiger partial charge on any atom is 0.309 e. The van der Waals surface area contributed by atoms with Crippen molar-refractivity contribution >= 4 is 11.7 Å². The van der Waals surface area contributed by atoms with Crippen LogP contribution in [0, 0.1) is 21.8 Å². The van der Waals surface area contributed by atoms with E-state index in [-0.39, 0.29) is 5.56 Å². The van der Waals surface area contributed by atoms with Crippen LogP contribution in [0.2, 0.25) is 0 Å². The maximum atomic E-state index is 15.0. The third-order valence-electron chi connectivity index (χ3n) is 5.33. The molecule has 2 aromatic rings. The molecule has 0 saturated heterocycles. The van der Waals surface area contributed by atoms with Gasteiger partial charge in [0.2, 0.25) is 6.54 Å². The number of ether oxygens (including phenoxy) is 1. The number of nitrogens with zero attached hydrogens (tertiary/aromatic N) is 2. The average molecular weight is 386 g/mol. The summed E-state index contributed by atoms with van der Waals surface area (Å²) in [5.41, 5.74) is 3.08. The van der Waals surface area contributed by atoms with Crippen LogP contribution in [0.5, 0.6) is 0 Å². The quantitative estimate of drug-likeness (QED) is 0.413. The lowest BCUT2D eigenvalue weighted by Gasteiger charge is -2.23. The van der Waals surface area contributed by atoms with Crippen molar-refractivity contribution in [1.82, 2.24) is 0 Å². The summed E-state index contributed by atoms with van der Waals surface area (Å²) >= 11 is 0. The molecular formula is C21H23FN2O4. The van der Waals surface area contributed by atoms with E-state index < -0.39 is 35.1 Å². The summed E-state index contributed by atoms with van der Waals surface area (Å²) in [6.45, 7) is 2.43. The van der Waals surface area contributed by atoms with Gasteiger partial charge in [0, 0.05) is 23.7 Å². The number of benzene rings is 2. The van der Waals surface area contributed by atoms with Gasteiger partial charge in [0.25, 0.3) is 0 Å². The van der Waals surface area contributed by atoms with Gasteiger partial charge in [-0.2, -0.15) is 0 Å². The van der Waals surface area contributed by atoms with E-state index in [4.69, 9.17) is 4.74 Å². The lowest BCUT2D eigenvalue weighted by atomic mass is 9.85. The molecule has 1 heterocycles. The second kappa shape index (κ2) is 8.37. The van der Waals surface area contributed by atoms with Gasteiger partial charge in [0.15, 0.2) is 0 Å². The van der Waals surface area contributed by atoms with Crippen LogP contribution in [-0.2, 0) is 22.5 Å². The Balaban J connectivity index is 1.91. The summed E-state index contributed by atoms with van der Waals surface area (Å²) in [5, 5.41) is 11.1. The standard InChI is InChI=1S/C21H23FN2O4/c1-14(21(25)28-2)18(13-24(26)27)17-10-16-8-9-23(20(16)11-19(17)22)12-15-6-4-3-5-7-15/h3-7,10-11,14,18H,8-9,12-13H2,1-2H3/t14?,18-/m1/s1. The van der Waals surface area contributed by atoms with Gasteiger partial charge in [-0.05, 0) is 29.2 Å². The minimum atomic E-state index is -0.879. The predicted octanol–water partition coefficient (Wildman–Crippen LogP) is 3.56. The minimum absolute atomic E-state index is 0.204. The fraction of sp³-hybridized carbons (Fsp3) is 0.381. The van der Waals surface area contributed by atoms with Crippen molar-refractivity contribution in [3.05, 3.63) is 75.1 Å². The molecule has 6 nitrogen and oxygen atoms in total. The smallest absolute Gasteiger partial charge is 0.309 e. The Morgan fingerprint density at radius 1 is 1.32 bits per heavy atom.